The van der Waals surface area contributed by atoms with Crippen molar-refractivity contribution < 1.29 is 9.53 Å². The molecule has 0 saturated carbocycles. The lowest BCUT2D eigenvalue weighted by atomic mass is 10.2. The molecule has 2 aromatic heterocycles. The predicted molar refractivity (Wildman–Crippen MR) is 96.8 cm³/mol. The Hall–Kier alpha value is -2.89. The third-order valence-electron chi connectivity index (χ3n) is 4.08. The van der Waals surface area contributed by atoms with Crippen LogP contribution >= 0.6 is 0 Å². The molecule has 0 saturated heterocycles. The maximum atomic E-state index is 12.5. The van der Waals surface area contributed by atoms with Gasteiger partial charge in [-0.3, -0.25) is 4.79 Å². The number of imidazole rings is 1. The van der Waals surface area contributed by atoms with Crippen LogP contribution in [0.1, 0.15) is 49.0 Å². The molecule has 1 amide bonds. The van der Waals surface area contributed by atoms with Crippen LogP contribution in [0.25, 0.3) is 11.2 Å². The zero-order chi connectivity index (χ0) is 18.0. The molecule has 3 aromatic rings. The van der Waals surface area contributed by atoms with Crippen molar-refractivity contribution in [2.75, 3.05) is 7.11 Å². The van der Waals surface area contributed by atoms with Gasteiger partial charge in [0.2, 0.25) is 0 Å². The Labute approximate surface area is 146 Å². The number of hydrogen-bond donors (Lipinski definition) is 1. The van der Waals surface area contributed by atoms with Crippen LogP contribution in [0, 0.1) is 0 Å². The first-order chi connectivity index (χ1) is 12.0. The summed E-state index contributed by atoms with van der Waals surface area (Å²) in [5.41, 5.74) is 2.24. The lowest BCUT2D eigenvalue weighted by Gasteiger charge is -2.18. The number of methoxy groups -OCH3 is 1. The van der Waals surface area contributed by atoms with E-state index >= 15 is 0 Å². The summed E-state index contributed by atoms with van der Waals surface area (Å²) in [4.78, 5) is 21.6. The van der Waals surface area contributed by atoms with Crippen molar-refractivity contribution >= 4 is 17.1 Å². The minimum atomic E-state index is -0.244. The Bertz CT molecular complexity index is 884. The van der Waals surface area contributed by atoms with E-state index in [1.807, 2.05) is 19.1 Å². The molecule has 1 aromatic carbocycles. The van der Waals surface area contributed by atoms with Crippen molar-refractivity contribution in [3.8, 4) is 5.75 Å². The number of carbonyl (C=O) groups excluding carboxylic acids is 1. The maximum absolute atomic E-state index is 12.5. The molecule has 0 radical (unpaired) electrons. The van der Waals surface area contributed by atoms with E-state index in [4.69, 9.17) is 4.74 Å². The molecule has 130 valence electrons. The number of ether oxygens (including phenoxy) is 1. The van der Waals surface area contributed by atoms with Crippen LogP contribution in [0.2, 0.25) is 0 Å². The maximum Gasteiger partial charge on any atom is 0.251 e. The molecule has 0 unspecified atom stereocenters. The quantitative estimate of drug-likeness (QED) is 0.773. The van der Waals surface area contributed by atoms with Crippen molar-refractivity contribution in [3.63, 3.8) is 0 Å². The van der Waals surface area contributed by atoms with E-state index in [0.717, 1.165) is 22.7 Å². The lowest BCUT2D eigenvalue weighted by molar-refractivity contribution is 0.0937. The van der Waals surface area contributed by atoms with Gasteiger partial charge in [-0.25, -0.2) is 9.97 Å². The number of pyridine rings is 1. The Morgan fingerprint density at radius 1 is 1.16 bits per heavy atom. The second-order valence-electron chi connectivity index (χ2n) is 6.20. The molecule has 0 bridgehead atoms. The zero-order valence-corrected chi connectivity index (χ0v) is 14.9. The highest BCUT2D eigenvalue weighted by molar-refractivity contribution is 5.94. The van der Waals surface area contributed by atoms with Crippen molar-refractivity contribution in [3.05, 3.63) is 54.0 Å². The van der Waals surface area contributed by atoms with E-state index in [9.17, 15) is 4.79 Å². The van der Waals surface area contributed by atoms with Crippen LogP contribution in [-0.2, 0) is 0 Å². The van der Waals surface area contributed by atoms with Gasteiger partial charge in [-0.1, -0.05) is 0 Å². The number of nitrogens with zero attached hydrogens (tertiary/aromatic N) is 3. The molecule has 1 N–H and O–H groups in total. The van der Waals surface area contributed by atoms with Gasteiger partial charge in [-0.05, 0) is 57.2 Å². The summed E-state index contributed by atoms with van der Waals surface area (Å²) in [7, 11) is 1.60. The van der Waals surface area contributed by atoms with Gasteiger partial charge in [-0.15, -0.1) is 0 Å². The lowest BCUT2D eigenvalue weighted by Crippen LogP contribution is -2.29. The number of aromatic nitrogens is 3. The largest absolute Gasteiger partial charge is 0.497 e. The number of fused-ring (bicyclic) bond motifs is 1. The van der Waals surface area contributed by atoms with Crippen molar-refractivity contribution in [1.82, 2.24) is 19.9 Å². The molecule has 0 aliphatic carbocycles. The summed E-state index contributed by atoms with van der Waals surface area (Å²) in [6.45, 7) is 6.09. The topological polar surface area (TPSA) is 69.0 Å². The normalized spacial score (nSPS) is 12.4. The molecular weight excluding hydrogens is 316 g/mol. The third kappa shape index (κ3) is 3.33. The predicted octanol–water partition coefficient (Wildman–Crippen LogP) is 3.51. The van der Waals surface area contributed by atoms with Crippen molar-refractivity contribution in [2.24, 2.45) is 0 Å². The molecule has 6 nitrogen and oxygen atoms in total. The first kappa shape index (κ1) is 17.0. The molecule has 0 aliphatic rings. The van der Waals surface area contributed by atoms with E-state index in [1.165, 1.54) is 0 Å². The van der Waals surface area contributed by atoms with Gasteiger partial charge in [-0.2, -0.15) is 0 Å². The zero-order valence-electron chi connectivity index (χ0n) is 14.9. The fraction of sp³-hybridized carbons (Fsp3) is 0.316. The first-order valence-electron chi connectivity index (χ1n) is 8.29. The summed E-state index contributed by atoms with van der Waals surface area (Å²) in [5, 5.41) is 3.02. The molecule has 1 atom stereocenters. The number of rotatable bonds is 5. The second-order valence-corrected chi connectivity index (χ2v) is 6.20. The van der Waals surface area contributed by atoms with Crippen LogP contribution in [0.4, 0.5) is 0 Å². The summed E-state index contributed by atoms with van der Waals surface area (Å²) in [6, 6.07) is 10.8. The monoisotopic (exact) mass is 338 g/mol. The van der Waals surface area contributed by atoms with Crippen LogP contribution in [0.5, 0.6) is 5.75 Å². The van der Waals surface area contributed by atoms with Gasteiger partial charge in [0.15, 0.2) is 5.65 Å². The van der Waals surface area contributed by atoms with Gasteiger partial charge in [0.1, 0.15) is 17.1 Å². The molecule has 25 heavy (non-hydrogen) atoms. The minimum Gasteiger partial charge on any atom is -0.497 e. The van der Waals surface area contributed by atoms with E-state index in [2.05, 4.69) is 33.7 Å². The minimum absolute atomic E-state index is 0.148. The number of carbonyl (C=O) groups is 1. The van der Waals surface area contributed by atoms with Gasteiger partial charge in [0, 0.05) is 17.8 Å². The number of hydrogen-bond acceptors (Lipinski definition) is 4. The SMILES string of the molecule is COc1ccc(C(=O)N[C@@H](C)c2nc3cccnc3n2C(C)C)cc1. The van der Waals surface area contributed by atoms with Crippen LogP contribution in [0.3, 0.4) is 0 Å². The van der Waals surface area contributed by atoms with E-state index in [0.29, 0.717) is 5.56 Å². The Balaban J connectivity index is 1.87. The average Bonchev–Trinajstić information content (AvgIpc) is 3.01. The standard InChI is InChI=1S/C19H22N4O2/c1-12(2)23-17(22-16-6-5-11-20-18(16)23)13(3)21-19(24)14-7-9-15(25-4)10-8-14/h5-13H,1-4H3,(H,21,24)/t13-/m0/s1. The van der Waals surface area contributed by atoms with E-state index < -0.39 is 0 Å². The molecule has 0 aliphatic heterocycles. The van der Waals surface area contributed by atoms with Crippen molar-refractivity contribution in [2.45, 2.75) is 32.9 Å². The highest BCUT2D eigenvalue weighted by Gasteiger charge is 2.21. The van der Waals surface area contributed by atoms with Gasteiger partial charge in [0.05, 0.1) is 13.2 Å². The highest BCUT2D eigenvalue weighted by atomic mass is 16.5. The molecular formula is C19H22N4O2. The summed E-state index contributed by atoms with van der Waals surface area (Å²) in [5.74, 6) is 1.37. The van der Waals surface area contributed by atoms with Crippen LogP contribution in [0.15, 0.2) is 42.6 Å². The summed E-state index contributed by atoms with van der Waals surface area (Å²) < 4.78 is 7.19. The summed E-state index contributed by atoms with van der Waals surface area (Å²) >= 11 is 0. The molecule has 3 rings (SSSR count). The number of nitrogens with one attached hydrogen (secondary N) is 1. The molecule has 2 heterocycles. The van der Waals surface area contributed by atoms with Gasteiger partial charge >= 0.3 is 0 Å². The van der Waals surface area contributed by atoms with E-state index in [-0.39, 0.29) is 18.0 Å². The van der Waals surface area contributed by atoms with Crippen LogP contribution < -0.4 is 10.1 Å². The fourth-order valence-electron chi connectivity index (χ4n) is 2.85. The molecule has 0 spiro atoms. The Morgan fingerprint density at radius 3 is 2.52 bits per heavy atom. The first-order valence-corrected chi connectivity index (χ1v) is 8.29. The Morgan fingerprint density at radius 2 is 1.88 bits per heavy atom. The van der Waals surface area contributed by atoms with Crippen molar-refractivity contribution in [1.29, 1.82) is 0 Å². The second kappa shape index (κ2) is 6.93. The molecule has 6 heteroatoms. The fourth-order valence-corrected chi connectivity index (χ4v) is 2.85. The summed E-state index contributed by atoms with van der Waals surface area (Å²) in [6.07, 6.45) is 1.76. The van der Waals surface area contributed by atoms with Gasteiger partial charge in [0.25, 0.3) is 5.91 Å². The molecule has 0 fully saturated rings. The Kier molecular flexibility index (Phi) is 4.70. The van der Waals surface area contributed by atoms with E-state index in [1.54, 1.807) is 37.6 Å². The van der Waals surface area contributed by atoms with Gasteiger partial charge < -0.3 is 14.6 Å². The smallest absolute Gasteiger partial charge is 0.251 e. The average molecular weight is 338 g/mol. The number of benzene rings is 1. The highest BCUT2D eigenvalue weighted by Crippen LogP contribution is 2.23. The number of amides is 1. The van der Waals surface area contributed by atoms with Crippen LogP contribution in [-0.4, -0.2) is 27.6 Å². The third-order valence-corrected chi connectivity index (χ3v) is 4.08.